The van der Waals surface area contributed by atoms with E-state index in [0.29, 0.717) is 40.6 Å². The summed E-state index contributed by atoms with van der Waals surface area (Å²) in [7, 11) is 1.61. The van der Waals surface area contributed by atoms with Crippen LogP contribution in [0, 0.1) is 11.3 Å². The first-order valence-corrected chi connectivity index (χ1v) is 11.5. The molecule has 0 bridgehead atoms. The van der Waals surface area contributed by atoms with E-state index >= 15 is 0 Å². The molecule has 1 unspecified atom stereocenters. The molecule has 1 atom stereocenters. The van der Waals surface area contributed by atoms with Crippen LogP contribution < -0.4 is 10.3 Å². The first-order chi connectivity index (χ1) is 15.5. The fourth-order valence-electron chi connectivity index (χ4n) is 3.85. The molecule has 3 aromatic rings. The van der Waals surface area contributed by atoms with Crippen LogP contribution in [0.5, 0.6) is 5.75 Å². The van der Waals surface area contributed by atoms with Crippen molar-refractivity contribution in [3.63, 3.8) is 0 Å². The van der Waals surface area contributed by atoms with Crippen LogP contribution in [-0.4, -0.2) is 34.0 Å². The Labute approximate surface area is 196 Å². The fourth-order valence-corrected chi connectivity index (χ4v) is 3.85. The molecule has 33 heavy (non-hydrogen) atoms. The average molecular weight is 450 g/mol. The van der Waals surface area contributed by atoms with Crippen LogP contribution in [0.3, 0.4) is 0 Å². The highest BCUT2D eigenvalue weighted by Crippen LogP contribution is 2.28. The summed E-state index contributed by atoms with van der Waals surface area (Å²) in [4.78, 5) is 33.9. The average Bonchev–Trinajstić information content (AvgIpc) is 2.78. The van der Waals surface area contributed by atoms with Crippen LogP contribution in [0.2, 0.25) is 0 Å². The number of rotatable bonds is 7. The maximum atomic E-state index is 13.7. The number of benzene rings is 2. The van der Waals surface area contributed by atoms with E-state index in [-0.39, 0.29) is 11.5 Å². The highest BCUT2D eigenvalue weighted by Gasteiger charge is 2.33. The third-order valence-electron chi connectivity index (χ3n) is 5.82. The molecule has 0 saturated heterocycles. The number of nitrogens with zero attached hydrogens (tertiary/aromatic N) is 3. The predicted molar refractivity (Wildman–Crippen MR) is 133 cm³/mol. The number of methoxy groups -OCH3 is 1. The second-order valence-corrected chi connectivity index (χ2v) is 9.93. The van der Waals surface area contributed by atoms with Gasteiger partial charge in [-0.15, -0.1) is 0 Å². The van der Waals surface area contributed by atoms with Crippen LogP contribution in [0.15, 0.2) is 53.3 Å². The summed E-state index contributed by atoms with van der Waals surface area (Å²) in [6.07, 6.45) is 0.868. The molecule has 0 fully saturated rings. The number of hydrogen-bond acceptors (Lipinski definition) is 4. The van der Waals surface area contributed by atoms with Gasteiger partial charge in [0.2, 0.25) is 5.91 Å². The minimum absolute atomic E-state index is 0.0411. The van der Waals surface area contributed by atoms with Crippen molar-refractivity contribution in [2.24, 2.45) is 11.3 Å². The lowest BCUT2D eigenvalue weighted by Crippen LogP contribution is -2.43. The standard InChI is InChI=1S/C27H35N3O3/c1-18(2)16-17-29(26(32)27(4,5)6)19(3)24-28-23-11-9-8-10-22(23)25(31)30(24)20-12-14-21(33-7)15-13-20/h8-15,18-19H,16-17H2,1-7H3. The first-order valence-electron chi connectivity index (χ1n) is 11.5. The van der Waals surface area contributed by atoms with Crippen molar-refractivity contribution in [1.29, 1.82) is 0 Å². The van der Waals surface area contributed by atoms with Crippen molar-refractivity contribution in [3.05, 3.63) is 64.7 Å². The Morgan fingerprint density at radius 3 is 2.27 bits per heavy atom. The van der Waals surface area contributed by atoms with E-state index < -0.39 is 11.5 Å². The zero-order chi connectivity index (χ0) is 24.3. The topological polar surface area (TPSA) is 64.4 Å². The van der Waals surface area contributed by atoms with Gasteiger partial charge >= 0.3 is 0 Å². The van der Waals surface area contributed by atoms with E-state index in [0.717, 1.165) is 6.42 Å². The van der Waals surface area contributed by atoms with Crippen molar-refractivity contribution >= 4 is 16.8 Å². The minimum atomic E-state index is -0.548. The predicted octanol–water partition coefficient (Wildman–Crippen LogP) is 5.38. The van der Waals surface area contributed by atoms with Gasteiger partial charge in [-0.05, 0) is 55.7 Å². The van der Waals surface area contributed by atoms with Gasteiger partial charge in [0.05, 0.1) is 29.7 Å². The summed E-state index contributed by atoms with van der Waals surface area (Å²) in [5, 5.41) is 0.542. The van der Waals surface area contributed by atoms with E-state index in [9.17, 15) is 9.59 Å². The van der Waals surface area contributed by atoms with E-state index in [2.05, 4.69) is 13.8 Å². The zero-order valence-corrected chi connectivity index (χ0v) is 20.8. The molecule has 0 aliphatic rings. The second-order valence-electron chi connectivity index (χ2n) is 9.93. The summed E-state index contributed by atoms with van der Waals surface area (Å²) >= 11 is 0. The quantitative estimate of drug-likeness (QED) is 0.486. The molecular formula is C27H35N3O3. The molecular weight excluding hydrogens is 414 g/mol. The molecule has 0 radical (unpaired) electrons. The number of carbonyl (C=O) groups excluding carboxylic acids is 1. The highest BCUT2D eigenvalue weighted by atomic mass is 16.5. The van der Waals surface area contributed by atoms with Gasteiger partial charge < -0.3 is 9.64 Å². The summed E-state index contributed by atoms with van der Waals surface area (Å²) < 4.78 is 6.92. The summed E-state index contributed by atoms with van der Waals surface area (Å²) in [6, 6.07) is 14.3. The minimum Gasteiger partial charge on any atom is -0.497 e. The number of fused-ring (bicyclic) bond motifs is 1. The van der Waals surface area contributed by atoms with Crippen LogP contribution >= 0.6 is 0 Å². The van der Waals surface area contributed by atoms with Crippen LogP contribution in [0.4, 0.5) is 0 Å². The molecule has 1 amide bonds. The first kappa shape index (κ1) is 24.5. The molecule has 1 aromatic heterocycles. The van der Waals surface area contributed by atoms with Gasteiger partial charge in [-0.25, -0.2) is 4.98 Å². The van der Waals surface area contributed by atoms with Gasteiger partial charge in [-0.3, -0.25) is 14.2 Å². The molecule has 176 valence electrons. The lowest BCUT2D eigenvalue weighted by Gasteiger charge is -2.35. The lowest BCUT2D eigenvalue weighted by molar-refractivity contribution is -0.142. The normalized spacial score (nSPS) is 12.7. The van der Waals surface area contributed by atoms with Gasteiger partial charge in [0, 0.05) is 12.0 Å². The maximum absolute atomic E-state index is 13.7. The van der Waals surface area contributed by atoms with E-state index in [1.54, 1.807) is 17.7 Å². The summed E-state index contributed by atoms with van der Waals surface area (Å²) in [5.41, 5.74) is 0.613. The van der Waals surface area contributed by atoms with Gasteiger partial charge in [0.1, 0.15) is 11.6 Å². The smallest absolute Gasteiger partial charge is 0.266 e. The molecule has 6 heteroatoms. The van der Waals surface area contributed by atoms with Crippen molar-refractivity contribution < 1.29 is 9.53 Å². The number of aromatic nitrogens is 2. The maximum Gasteiger partial charge on any atom is 0.266 e. The third-order valence-corrected chi connectivity index (χ3v) is 5.82. The van der Waals surface area contributed by atoms with Gasteiger partial charge in [0.15, 0.2) is 0 Å². The Kier molecular flexibility index (Phi) is 7.25. The van der Waals surface area contributed by atoms with Crippen LogP contribution in [0.1, 0.15) is 59.8 Å². The number of carbonyl (C=O) groups is 1. The molecule has 3 rings (SSSR count). The molecule has 2 aromatic carbocycles. The van der Waals surface area contributed by atoms with Crippen molar-refractivity contribution in [2.45, 2.75) is 54.0 Å². The molecule has 6 nitrogen and oxygen atoms in total. The molecule has 0 spiro atoms. The van der Waals surface area contributed by atoms with Gasteiger partial charge in [0.25, 0.3) is 5.56 Å². The Morgan fingerprint density at radius 1 is 1.06 bits per heavy atom. The number of ether oxygens (including phenoxy) is 1. The number of amides is 1. The third kappa shape index (κ3) is 5.27. The van der Waals surface area contributed by atoms with E-state index in [1.807, 2.05) is 75.1 Å². The lowest BCUT2D eigenvalue weighted by atomic mass is 9.93. The van der Waals surface area contributed by atoms with E-state index in [4.69, 9.17) is 9.72 Å². The molecule has 1 heterocycles. The Hall–Kier alpha value is -3.15. The zero-order valence-electron chi connectivity index (χ0n) is 20.8. The fraction of sp³-hybridized carbons (Fsp3) is 0.444. The van der Waals surface area contributed by atoms with Gasteiger partial charge in [-0.2, -0.15) is 0 Å². The molecule has 0 saturated carbocycles. The summed E-state index contributed by atoms with van der Waals surface area (Å²) in [6.45, 7) is 12.6. The Bertz CT molecular complexity index is 1170. The molecule has 0 aliphatic heterocycles. The SMILES string of the molecule is COc1ccc(-n2c(C(C)N(CCC(C)C)C(=O)C(C)(C)C)nc3ccccc3c2=O)cc1. The van der Waals surface area contributed by atoms with Crippen LogP contribution in [0.25, 0.3) is 16.6 Å². The van der Waals surface area contributed by atoms with Crippen molar-refractivity contribution in [3.8, 4) is 11.4 Å². The van der Waals surface area contributed by atoms with E-state index in [1.165, 1.54) is 0 Å². The van der Waals surface area contributed by atoms with Crippen molar-refractivity contribution in [1.82, 2.24) is 14.5 Å². The monoisotopic (exact) mass is 449 g/mol. The number of para-hydroxylation sites is 1. The summed E-state index contributed by atoms with van der Waals surface area (Å²) in [5.74, 6) is 1.74. The number of hydrogen-bond donors (Lipinski definition) is 0. The largest absolute Gasteiger partial charge is 0.497 e. The van der Waals surface area contributed by atoms with Crippen molar-refractivity contribution in [2.75, 3.05) is 13.7 Å². The second kappa shape index (κ2) is 9.77. The highest BCUT2D eigenvalue weighted by molar-refractivity contribution is 5.82. The molecule has 0 aliphatic carbocycles. The Morgan fingerprint density at radius 2 is 1.70 bits per heavy atom. The molecule has 0 N–H and O–H groups in total. The van der Waals surface area contributed by atoms with Crippen LogP contribution in [-0.2, 0) is 4.79 Å². The Balaban J connectivity index is 2.23. The van der Waals surface area contributed by atoms with Gasteiger partial charge in [-0.1, -0.05) is 46.8 Å².